The van der Waals surface area contributed by atoms with Gasteiger partial charge in [-0.3, -0.25) is 19.2 Å². The largest absolute Gasteiger partial charge is 0.396 e. The van der Waals surface area contributed by atoms with Crippen molar-refractivity contribution in [3.63, 3.8) is 0 Å². The van der Waals surface area contributed by atoms with Gasteiger partial charge in [0.05, 0.1) is 0 Å². The molecule has 0 bridgehead atoms. The zero-order valence-corrected chi connectivity index (χ0v) is 21.6. The maximum Gasteiger partial charge on any atom is 0.185 e. The van der Waals surface area contributed by atoms with Crippen LogP contribution in [0.25, 0.3) is 0 Å². The van der Waals surface area contributed by atoms with Crippen LogP contribution in [-0.4, -0.2) is 46.6 Å². The highest BCUT2D eigenvalue weighted by Gasteiger charge is 2.25. The number of hydrogen-bond acceptors (Lipinski definition) is 6. The molecule has 2 rings (SSSR count). The number of aliphatic hydroxyl groups excluding tert-OH is 2. The van der Waals surface area contributed by atoms with Crippen LogP contribution in [0.2, 0.25) is 0 Å². The number of allylic oxidation sites excluding steroid dienone is 8. The Bertz CT molecular complexity index is 893. The third kappa shape index (κ3) is 9.55. The molecule has 2 aliphatic rings. The molecular weight excluding hydrogens is 456 g/mol. The third-order valence-corrected chi connectivity index (χ3v) is 6.78. The van der Waals surface area contributed by atoms with Crippen LogP contribution in [0.5, 0.6) is 0 Å². The predicted octanol–water partition coefficient (Wildman–Crippen LogP) is 5.18. The smallest absolute Gasteiger partial charge is 0.185 e. The quantitative estimate of drug-likeness (QED) is 0.318. The van der Waals surface area contributed by atoms with Crippen molar-refractivity contribution in [1.82, 2.24) is 0 Å². The van der Waals surface area contributed by atoms with Crippen LogP contribution >= 0.6 is 0 Å². The minimum Gasteiger partial charge on any atom is -0.396 e. The van der Waals surface area contributed by atoms with E-state index in [1.807, 2.05) is 27.7 Å². The van der Waals surface area contributed by atoms with E-state index in [9.17, 15) is 29.4 Å². The molecule has 0 fully saturated rings. The van der Waals surface area contributed by atoms with Crippen LogP contribution in [0.3, 0.4) is 0 Å². The van der Waals surface area contributed by atoms with E-state index in [1.165, 1.54) is 24.3 Å². The van der Waals surface area contributed by atoms with Crippen molar-refractivity contribution >= 4 is 23.1 Å². The zero-order chi connectivity index (χ0) is 26.2. The molecule has 0 aromatic carbocycles. The van der Waals surface area contributed by atoms with Crippen molar-refractivity contribution in [3.05, 3.63) is 46.6 Å². The first-order valence-corrected chi connectivity index (χ1v) is 12.6. The van der Waals surface area contributed by atoms with Crippen molar-refractivity contribution in [2.24, 2.45) is 10.8 Å². The summed E-state index contributed by atoms with van der Waals surface area (Å²) < 4.78 is 0. The monoisotopic (exact) mass is 500 g/mol. The number of Topliss-reactive ketones (excluding diaryl/α,β-unsaturated/α-hetero) is 2. The van der Waals surface area contributed by atoms with Crippen molar-refractivity contribution in [1.29, 1.82) is 0 Å². The number of ketones is 4. The highest BCUT2D eigenvalue weighted by atomic mass is 16.3. The SMILES string of the molecule is C.CC(C)(CO)CCCC1=CC(=O)C=C(CCCC2=CC(=O)C=C(CCCC(C)(C)CO)C2=O)C1=O. The first-order valence-electron chi connectivity index (χ1n) is 12.6. The number of aliphatic hydroxyl groups is 2. The van der Waals surface area contributed by atoms with Crippen LogP contribution in [0.1, 0.15) is 92.9 Å². The summed E-state index contributed by atoms with van der Waals surface area (Å²) in [6.07, 6.45) is 10.7. The number of carbonyl (C=O) groups excluding carboxylic acids is 4. The first kappa shape index (κ1) is 31.6. The lowest BCUT2D eigenvalue weighted by molar-refractivity contribution is -0.115. The van der Waals surface area contributed by atoms with Crippen LogP contribution < -0.4 is 0 Å². The average molecular weight is 501 g/mol. The van der Waals surface area contributed by atoms with Gasteiger partial charge in [-0.2, -0.15) is 0 Å². The summed E-state index contributed by atoms with van der Waals surface area (Å²) >= 11 is 0. The minimum absolute atomic E-state index is 0. The van der Waals surface area contributed by atoms with Gasteiger partial charge in [-0.15, -0.1) is 0 Å². The molecular formula is C30H44O6. The summed E-state index contributed by atoms with van der Waals surface area (Å²) in [4.78, 5) is 50.1. The summed E-state index contributed by atoms with van der Waals surface area (Å²) in [7, 11) is 0. The fourth-order valence-corrected chi connectivity index (χ4v) is 4.33. The molecule has 0 saturated carbocycles. The van der Waals surface area contributed by atoms with Crippen LogP contribution in [0.15, 0.2) is 46.6 Å². The van der Waals surface area contributed by atoms with E-state index in [-0.39, 0.29) is 54.6 Å². The molecule has 200 valence electrons. The molecule has 6 heteroatoms. The molecule has 36 heavy (non-hydrogen) atoms. The van der Waals surface area contributed by atoms with Gasteiger partial charge in [0, 0.05) is 35.5 Å². The molecule has 0 heterocycles. The normalized spacial score (nSPS) is 16.8. The third-order valence-electron chi connectivity index (χ3n) is 6.78. The summed E-state index contributed by atoms with van der Waals surface area (Å²) in [5.74, 6) is -0.651. The Balaban J connectivity index is 0.00000648. The molecule has 0 aromatic heterocycles. The standard InChI is InChI=1S/C29H40O6.CH4/c1-28(2,18-30)12-6-10-22-16-24(32)14-20(26(22)34)8-5-9-21-15-25(33)17-23(27(21)35)11-7-13-29(3,4)19-31;/h14-17,30-31H,5-13,18-19H2,1-4H3;1H4. The van der Waals surface area contributed by atoms with E-state index in [4.69, 9.17) is 0 Å². The Morgan fingerprint density at radius 3 is 1.11 bits per heavy atom. The van der Waals surface area contributed by atoms with Gasteiger partial charge in [0.25, 0.3) is 0 Å². The summed E-state index contributed by atoms with van der Waals surface area (Å²) in [5, 5.41) is 18.8. The van der Waals surface area contributed by atoms with Crippen molar-refractivity contribution in [2.45, 2.75) is 92.9 Å². The van der Waals surface area contributed by atoms with E-state index < -0.39 is 0 Å². The fraction of sp³-hybridized carbons (Fsp3) is 0.600. The summed E-state index contributed by atoms with van der Waals surface area (Å²) in [6, 6.07) is 0. The molecule has 0 atom stereocenters. The zero-order valence-electron chi connectivity index (χ0n) is 21.6. The lowest BCUT2D eigenvalue weighted by Crippen LogP contribution is -2.19. The molecule has 0 unspecified atom stereocenters. The topological polar surface area (TPSA) is 109 Å². The molecule has 2 aliphatic carbocycles. The molecule has 2 N–H and O–H groups in total. The Kier molecular flexibility index (Phi) is 12.1. The predicted molar refractivity (Wildman–Crippen MR) is 142 cm³/mol. The van der Waals surface area contributed by atoms with E-state index in [2.05, 4.69) is 0 Å². The van der Waals surface area contributed by atoms with E-state index >= 15 is 0 Å². The van der Waals surface area contributed by atoms with E-state index in [0.717, 1.165) is 12.8 Å². The maximum absolute atomic E-state index is 12.9. The Morgan fingerprint density at radius 2 is 0.833 bits per heavy atom. The van der Waals surface area contributed by atoms with Gasteiger partial charge in [-0.1, -0.05) is 35.1 Å². The van der Waals surface area contributed by atoms with Gasteiger partial charge < -0.3 is 10.2 Å². The first-order chi connectivity index (χ1) is 16.4. The lowest BCUT2D eigenvalue weighted by Gasteiger charge is -2.22. The Morgan fingerprint density at radius 1 is 0.556 bits per heavy atom. The number of carbonyl (C=O) groups is 4. The second-order valence-electron chi connectivity index (χ2n) is 11.3. The molecule has 0 aromatic rings. The van der Waals surface area contributed by atoms with Gasteiger partial charge in [-0.25, -0.2) is 0 Å². The molecule has 0 amide bonds. The lowest BCUT2D eigenvalue weighted by atomic mass is 9.84. The van der Waals surface area contributed by atoms with Gasteiger partial charge >= 0.3 is 0 Å². The van der Waals surface area contributed by atoms with Crippen molar-refractivity contribution in [2.75, 3.05) is 13.2 Å². The fourth-order valence-electron chi connectivity index (χ4n) is 4.33. The molecule has 0 radical (unpaired) electrons. The minimum atomic E-state index is -0.221. The number of hydrogen-bond donors (Lipinski definition) is 2. The van der Waals surface area contributed by atoms with Crippen molar-refractivity contribution < 1.29 is 29.4 Å². The van der Waals surface area contributed by atoms with Gasteiger partial charge in [-0.05, 0) is 92.9 Å². The second kappa shape index (κ2) is 13.8. The van der Waals surface area contributed by atoms with Crippen LogP contribution in [0, 0.1) is 10.8 Å². The summed E-state index contributed by atoms with van der Waals surface area (Å²) in [6.45, 7) is 7.98. The highest BCUT2D eigenvalue weighted by Crippen LogP contribution is 2.29. The van der Waals surface area contributed by atoms with Crippen LogP contribution in [0.4, 0.5) is 0 Å². The van der Waals surface area contributed by atoms with Gasteiger partial charge in [0.2, 0.25) is 0 Å². The van der Waals surface area contributed by atoms with Crippen molar-refractivity contribution in [3.8, 4) is 0 Å². The highest BCUT2D eigenvalue weighted by molar-refractivity contribution is 6.21. The average Bonchev–Trinajstić information content (AvgIpc) is 2.79. The summed E-state index contributed by atoms with van der Waals surface area (Å²) in [5.41, 5.74) is 1.46. The molecule has 0 spiro atoms. The Hall–Kier alpha value is -2.44. The maximum atomic E-state index is 12.9. The van der Waals surface area contributed by atoms with Gasteiger partial charge in [0.1, 0.15) is 0 Å². The van der Waals surface area contributed by atoms with E-state index in [0.29, 0.717) is 67.2 Å². The van der Waals surface area contributed by atoms with Crippen LogP contribution in [-0.2, 0) is 19.2 Å². The molecule has 6 nitrogen and oxygen atoms in total. The molecule has 0 aliphatic heterocycles. The molecule has 0 saturated heterocycles. The second-order valence-corrected chi connectivity index (χ2v) is 11.3. The van der Waals surface area contributed by atoms with Gasteiger partial charge in [0.15, 0.2) is 23.1 Å². The van der Waals surface area contributed by atoms with E-state index in [1.54, 1.807) is 0 Å². The Labute approximate surface area is 216 Å². The number of rotatable bonds is 14.